The molecule has 2 fully saturated rings. The minimum atomic E-state index is -4.32. The smallest absolute Gasteiger partial charge is 0.384 e. The molecule has 1 saturated heterocycles. The standard InChI is InChI=1S/C25H25F4N3O.C2H6/c26-23-13-19(5-6-24(23)32-9-11-33-12-10-32)30-14-21-20-7-8-31(16-22(20)21)15-17-1-3-18(4-2-17)25(27,28)29;1-2/h1-7,13,16,21,30H,8-12,14-15H2;1-2H3. The molecule has 4 nitrogen and oxygen atoms in total. The molecule has 0 bridgehead atoms. The number of hydrogen-bond donors (Lipinski definition) is 1. The Morgan fingerprint density at radius 3 is 2.37 bits per heavy atom. The highest BCUT2D eigenvalue weighted by molar-refractivity contribution is 5.61. The van der Waals surface area contributed by atoms with Crippen molar-refractivity contribution in [3.8, 4) is 0 Å². The maximum absolute atomic E-state index is 14.6. The van der Waals surface area contributed by atoms with Gasteiger partial charge in [-0.3, -0.25) is 0 Å². The third-order valence-corrected chi connectivity index (χ3v) is 6.34. The maximum Gasteiger partial charge on any atom is 0.416 e. The number of ether oxygens (including phenoxy) is 1. The lowest BCUT2D eigenvalue weighted by molar-refractivity contribution is -0.137. The van der Waals surface area contributed by atoms with E-state index >= 15 is 0 Å². The van der Waals surface area contributed by atoms with Crippen LogP contribution in [0.1, 0.15) is 25.0 Å². The van der Waals surface area contributed by atoms with E-state index in [1.54, 1.807) is 0 Å². The number of fused-ring (bicyclic) bond motifs is 1. The van der Waals surface area contributed by atoms with Crippen LogP contribution >= 0.6 is 0 Å². The van der Waals surface area contributed by atoms with Gasteiger partial charge in [0.25, 0.3) is 0 Å². The normalized spacial score (nSPS) is 19.2. The predicted octanol–water partition coefficient (Wildman–Crippen LogP) is 6.08. The molecule has 1 unspecified atom stereocenters. The zero-order valence-corrected chi connectivity index (χ0v) is 20.0. The van der Waals surface area contributed by atoms with Gasteiger partial charge in [0.1, 0.15) is 5.82 Å². The van der Waals surface area contributed by atoms with E-state index in [-0.39, 0.29) is 11.7 Å². The summed E-state index contributed by atoms with van der Waals surface area (Å²) in [5, 5.41) is 3.33. The number of halogens is 4. The van der Waals surface area contributed by atoms with Crippen LogP contribution in [0, 0.1) is 11.7 Å². The van der Waals surface area contributed by atoms with Gasteiger partial charge in [-0.05, 0) is 47.0 Å². The zero-order chi connectivity index (χ0) is 25.0. The van der Waals surface area contributed by atoms with Crippen LogP contribution in [0.5, 0.6) is 0 Å². The second-order valence-corrected chi connectivity index (χ2v) is 8.57. The van der Waals surface area contributed by atoms with Crippen LogP contribution in [0.25, 0.3) is 0 Å². The first-order valence-electron chi connectivity index (χ1n) is 12.1. The van der Waals surface area contributed by atoms with Crippen LogP contribution in [0.4, 0.5) is 28.9 Å². The highest BCUT2D eigenvalue weighted by Crippen LogP contribution is 2.47. The summed E-state index contributed by atoms with van der Waals surface area (Å²) in [6.45, 7) is 8.57. The van der Waals surface area contributed by atoms with Crippen LogP contribution in [-0.2, 0) is 17.5 Å². The number of anilines is 2. The van der Waals surface area contributed by atoms with Gasteiger partial charge in [0.2, 0.25) is 0 Å². The SMILES string of the molecule is CC.Fc1cc(NCC2C3=CCN(Cc4ccc(C(F)(F)F)cc4)C=C32)ccc1N1CCOCC1. The molecule has 8 heteroatoms. The summed E-state index contributed by atoms with van der Waals surface area (Å²) in [4.78, 5) is 4.09. The van der Waals surface area contributed by atoms with E-state index in [2.05, 4.69) is 22.5 Å². The van der Waals surface area contributed by atoms with Crippen molar-refractivity contribution < 1.29 is 22.3 Å². The quantitative estimate of drug-likeness (QED) is 0.498. The van der Waals surface area contributed by atoms with Crippen molar-refractivity contribution in [1.82, 2.24) is 4.90 Å². The lowest BCUT2D eigenvalue weighted by Gasteiger charge is -2.29. The molecule has 2 aromatic rings. The van der Waals surface area contributed by atoms with Gasteiger partial charge in [-0.15, -0.1) is 0 Å². The number of nitrogens with one attached hydrogen (secondary N) is 1. The fourth-order valence-corrected chi connectivity index (χ4v) is 4.46. The van der Waals surface area contributed by atoms with Crippen LogP contribution < -0.4 is 10.2 Å². The fourth-order valence-electron chi connectivity index (χ4n) is 4.46. The predicted molar refractivity (Wildman–Crippen MR) is 131 cm³/mol. The Balaban J connectivity index is 0.00000141. The first kappa shape index (κ1) is 25.1. The van der Waals surface area contributed by atoms with Crippen molar-refractivity contribution in [2.24, 2.45) is 5.92 Å². The van der Waals surface area contributed by atoms with Crippen LogP contribution in [0.2, 0.25) is 0 Å². The molecule has 1 saturated carbocycles. The molecule has 35 heavy (non-hydrogen) atoms. The van der Waals surface area contributed by atoms with E-state index in [0.717, 1.165) is 29.9 Å². The van der Waals surface area contributed by atoms with E-state index in [9.17, 15) is 17.6 Å². The number of alkyl halides is 3. The van der Waals surface area contributed by atoms with Gasteiger partial charge in [-0.1, -0.05) is 32.1 Å². The Labute approximate surface area is 203 Å². The molecule has 5 rings (SSSR count). The average molecular weight is 490 g/mol. The van der Waals surface area contributed by atoms with Gasteiger partial charge in [-0.2, -0.15) is 13.2 Å². The van der Waals surface area contributed by atoms with Gasteiger partial charge in [-0.25, -0.2) is 4.39 Å². The summed E-state index contributed by atoms with van der Waals surface area (Å²) < 4.78 is 58.2. The lowest BCUT2D eigenvalue weighted by atomic mass is 10.1. The molecular formula is C27H31F4N3O. The Hall–Kier alpha value is -3.00. The van der Waals surface area contributed by atoms with E-state index in [1.165, 1.54) is 29.3 Å². The largest absolute Gasteiger partial charge is 0.416 e. The third kappa shape index (κ3) is 5.99. The molecule has 0 aromatic heterocycles. The van der Waals surface area contributed by atoms with Crippen molar-refractivity contribution >= 4 is 11.4 Å². The molecule has 0 radical (unpaired) electrons. The van der Waals surface area contributed by atoms with E-state index in [0.29, 0.717) is 45.1 Å². The first-order chi connectivity index (χ1) is 16.9. The highest BCUT2D eigenvalue weighted by atomic mass is 19.4. The summed E-state index contributed by atoms with van der Waals surface area (Å²) in [7, 11) is 0. The Morgan fingerprint density at radius 1 is 1.00 bits per heavy atom. The summed E-state index contributed by atoms with van der Waals surface area (Å²) in [6.07, 6.45) is -0.0709. The van der Waals surface area contributed by atoms with Gasteiger partial charge in [0, 0.05) is 50.5 Å². The molecule has 2 aliphatic heterocycles. The van der Waals surface area contributed by atoms with Crippen LogP contribution in [0.15, 0.2) is 65.9 Å². The summed E-state index contributed by atoms with van der Waals surface area (Å²) in [5.41, 5.74) is 4.07. The topological polar surface area (TPSA) is 27.7 Å². The van der Waals surface area contributed by atoms with Gasteiger partial charge in [0.15, 0.2) is 0 Å². The Bertz CT molecular complexity index is 1070. The molecule has 1 atom stereocenters. The van der Waals surface area contributed by atoms with Crippen molar-refractivity contribution in [2.45, 2.75) is 26.6 Å². The minimum absolute atomic E-state index is 0.240. The first-order valence-corrected chi connectivity index (χ1v) is 12.1. The average Bonchev–Trinajstić information content (AvgIpc) is 3.56. The van der Waals surface area contributed by atoms with Gasteiger partial charge >= 0.3 is 6.18 Å². The van der Waals surface area contributed by atoms with Crippen LogP contribution in [0.3, 0.4) is 0 Å². The summed E-state index contributed by atoms with van der Waals surface area (Å²) in [5.74, 6) is 0.0425. The van der Waals surface area contributed by atoms with E-state index in [1.807, 2.05) is 30.9 Å². The molecule has 0 amide bonds. The van der Waals surface area contributed by atoms with E-state index in [4.69, 9.17) is 4.74 Å². The minimum Gasteiger partial charge on any atom is -0.384 e. The summed E-state index contributed by atoms with van der Waals surface area (Å²) >= 11 is 0. The molecule has 3 aliphatic rings. The zero-order valence-electron chi connectivity index (χ0n) is 20.0. The third-order valence-electron chi connectivity index (χ3n) is 6.34. The second-order valence-electron chi connectivity index (χ2n) is 8.57. The van der Waals surface area contributed by atoms with Crippen molar-refractivity contribution in [3.05, 3.63) is 82.8 Å². The van der Waals surface area contributed by atoms with Crippen molar-refractivity contribution in [2.75, 3.05) is 49.6 Å². The maximum atomic E-state index is 14.6. The molecule has 2 aromatic carbocycles. The molecule has 2 heterocycles. The molecule has 1 aliphatic carbocycles. The number of nitrogens with zero attached hydrogens (tertiary/aromatic N) is 2. The molecule has 188 valence electrons. The lowest BCUT2D eigenvalue weighted by Crippen LogP contribution is -2.36. The van der Waals surface area contributed by atoms with Gasteiger partial charge in [0.05, 0.1) is 24.5 Å². The van der Waals surface area contributed by atoms with E-state index < -0.39 is 11.7 Å². The number of benzene rings is 2. The monoisotopic (exact) mass is 489 g/mol. The number of hydrogen-bond acceptors (Lipinski definition) is 4. The Morgan fingerprint density at radius 2 is 1.71 bits per heavy atom. The molecule has 0 spiro atoms. The Kier molecular flexibility index (Phi) is 7.69. The van der Waals surface area contributed by atoms with Crippen molar-refractivity contribution in [1.29, 1.82) is 0 Å². The second kappa shape index (κ2) is 10.7. The van der Waals surface area contributed by atoms with Gasteiger partial charge < -0.3 is 19.9 Å². The number of morpholine rings is 1. The number of rotatable bonds is 6. The highest BCUT2D eigenvalue weighted by Gasteiger charge is 2.39. The molecular weight excluding hydrogens is 458 g/mol. The van der Waals surface area contributed by atoms with Crippen LogP contribution in [-0.4, -0.2) is 44.3 Å². The fraction of sp³-hybridized carbons (Fsp3) is 0.407. The summed E-state index contributed by atoms with van der Waals surface area (Å²) in [6, 6.07) is 10.6. The molecule has 1 N–H and O–H groups in total. The van der Waals surface area contributed by atoms with Crippen molar-refractivity contribution in [3.63, 3.8) is 0 Å².